The van der Waals surface area contributed by atoms with Crippen molar-refractivity contribution in [3.05, 3.63) is 22.8 Å². The number of amides is 1. The number of pyridine rings is 1. The summed E-state index contributed by atoms with van der Waals surface area (Å²) in [6.07, 6.45) is 1.66. The molecule has 0 fully saturated rings. The fourth-order valence-electron chi connectivity index (χ4n) is 1.21. The molecule has 0 radical (unpaired) electrons. The van der Waals surface area contributed by atoms with Gasteiger partial charge in [0.15, 0.2) is 0 Å². The number of nitrogens with zero attached hydrogens (tertiary/aromatic N) is 1. The first-order chi connectivity index (χ1) is 7.02. The summed E-state index contributed by atoms with van der Waals surface area (Å²) in [6.45, 7) is 3.86. The van der Waals surface area contributed by atoms with Crippen LogP contribution in [0.5, 0.6) is 0 Å². The predicted octanol–water partition coefficient (Wildman–Crippen LogP) is 1.77. The van der Waals surface area contributed by atoms with E-state index in [9.17, 15) is 4.79 Å². The van der Waals surface area contributed by atoms with Crippen molar-refractivity contribution >= 4 is 27.7 Å². The zero-order chi connectivity index (χ0) is 11.4. The van der Waals surface area contributed by atoms with Gasteiger partial charge < -0.3 is 11.1 Å². The van der Waals surface area contributed by atoms with E-state index in [1.165, 1.54) is 0 Å². The first-order valence-electron chi connectivity index (χ1n) is 4.68. The average molecular weight is 272 g/mol. The molecule has 0 aliphatic heterocycles. The van der Waals surface area contributed by atoms with Crippen molar-refractivity contribution in [2.45, 2.75) is 19.9 Å². The lowest BCUT2D eigenvalue weighted by Gasteiger charge is -2.19. The summed E-state index contributed by atoms with van der Waals surface area (Å²) < 4.78 is 0.817. The zero-order valence-corrected chi connectivity index (χ0v) is 10.3. The number of carbonyl (C=O) groups is 1. The number of hydrogen-bond donors (Lipinski definition) is 2. The fourth-order valence-corrected chi connectivity index (χ4v) is 1.57. The highest BCUT2D eigenvalue weighted by atomic mass is 79.9. The minimum atomic E-state index is -0.406. The van der Waals surface area contributed by atoms with Gasteiger partial charge in [-0.05, 0) is 34.0 Å². The van der Waals surface area contributed by atoms with Crippen LogP contribution in [0.4, 0.5) is 5.82 Å². The van der Waals surface area contributed by atoms with Gasteiger partial charge in [-0.1, -0.05) is 13.8 Å². The van der Waals surface area contributed by atoms with Crippen molar-refractivity contribution in [2.24, 2.45) is 11.7 Å². The Labute approximate surface area is 97.4 Å². The first-order valence-corrected chi connectivity index (χ1v) is 5.48. The quantitative estimate of drug-likeness (QED) is 0.877. The van der Waals surface area contributed by atoms with Crippen LogP contribution in [0.1, 0.15) is 13.8 Å². The van der Waals surface area contributed by atoms with E-state index in [2.05, 4.69) is 26.2 Å². The second kappa shape index (κ2) is 5.11. The topological polar surface area (TPSA) is 68.0 Å². The molecule has 0 aromatic carbocycles. The number of hydrogen-bond acceptors (Lipinski definition) is 3. The van der Waals surface area contributed by atoms with E-state index in [4.69, 9.17) is 5.73 Å². The Morgan fingerprint density at radius 1 is 1.60 bits per heavy atom. The third-order valence-electron chi connectivity index (χ3n) is 2.02. The van der Waals surface area contributed by atoms with Crippen LogP contribution in [0, 0.1) is 5.92 Å². The number of rotatable bonds is 4. The van der Waals surface area contributed by atoms with Gasteiger partial charge in [-0.25, -0.2) is 4.98 Å². The first kappa shape index (κ1) is 12.0. The zero-order valence-electron chi connectivity index (χ0n) is 8.70. The molecule has 1 aromatic rings. The molecule has 0 spiro atoms. The Kier molecular flexibility index (Phi) is 4.08. The monoisotopic (exact) mass is 271 g/mol. The van der Waals surface area contributed by atoms with Crippen molar-refractivity contribution in [1.29, 1.82) is 0 Å². The van der Waals surface area contributed by atoms with Crippen molar-refractivity contribution in [2.75, 3.05) is 5.32 Å². The van der Waals surface area contributed by atoms with Gasteiger partial charge in [0.25, 0.3) is 0 Å². The van der Waals surface area contributed by atoms with Crippen LogP contribution in [0.3, 0.4) is 0 Å². The molecule has 0 saturated heterocycles. The molecule has 1 unspecified atom stereocenters. The van der Waals surface area contributed by atoms with E-state index in [0.29, 0.717) is 5.82 Å². The molecule has 0 bridgehead atoms. The maximum atomic E-state index is 11.2. The van der Waals surface area contributed by atoms with Gasteiger partial charge in [0.05, 0.1) is 4.47 Å². The van der Waals surface area contributed by atoms with Crippen molar-refractivity contribution in [1.82, 2.24) is 4.98 Å². The molecule has 4 nitrogen and oxygen atoms in total. The molecule has 1 amide bonds. The molecule has 82 valence electrons. The molecule has 1 aromatic heterocycles. The third-order valence-corrected chi connectivity index (χ3v) is 2.66. The van der Waals surface area contributed by atoms with Crippen molar-refractivity contribution in [3.8, 4) is 0 Å². The highest BCUT2D eigenvalue weighted by Gasteiger charge is 2.20. The Hall–Kier alpha value is -1.10. The minimum absolute atomic E-state index is 0.122. The number of halogens is 1. The van der Waals surface area contributed by atoms with Crippen molar-refractivity contribution < 1.29 is 4.79 Å². The average Bonchev–Trinajstić information content (AvgIpc) is 2.15. The number of anilines is 1. The van der Waals surface area contributed by atoms with E-state index in [1.54, 1.807) is 6.20 Å². The van der Waals surface area contributed by atoms with Crippen LogP contribution in [0.2, 0.25) is 0 Å². The number of carbonyl (C=O) groups excluding carboxylic acids is 1. The molecular formula is C10H14BrN3O. The molecule has 1 atom stereocenters. The molecule has 1 rings (SSSR count). The van der Waals surface area contributed by atoms with Crippen LogP contribution in [-0.4, -0.2) is 16.9 Å². The molecule has 5 heteroatoms. The van der Waals surface area contributed by atoms with Crippen molar-refractivity contribution in [3.63, 3.8) is 0 Å². The van der Waals surface area contributed by atoms with Gasteiger partial charge in [-0.3, -0.25) is 4.79 Å². The smallest absolute Gasteiger partial charge is 0.240 e. The van der Waals surface area contributed by atoms with E-state index in [1.807, 2.05) is 26.0 Å². The normalized spacial score (nSPS) is 12.5. The van der Waals surface area contributed by atoms with Gasteiger partial charge >= 0.3 is 0 Å². The predicted molar refractivity (Wildman–Crippen MR) is 63.4 cm³/mol. The lowest BCUT2D eigenvalue weighted by molar-refractivity contribution is -0.119. The Bertz CT molecular complexity index is 354. The largest absolute Gasteiger partial charge is 0.368 e. The van der Waals surface area contributed by atoms with Crippen LogP contribution < -0.4 is 11.1 Å². The minimum Gasteiger partial charge on any atom is -0.368 e. The maximum absolute atomic E-state index is 11.2. The molecule has 1 heterocycles. The summed E-state index contributed by atoms with van der Waals surface area (Å²) in [6, 6.07) is 3.26. The number of aromatic nitrogens is 1. The molecule has 0 aliphatic carbocycles. The maximum Gasteiger partial charge on any atom is 0.240 e. The van der Waals surface area contributed by atoms with Gasteiger partial charge in [0.1, 0.15) is 11.9 Å². The fraction of sp³-hybridized carbons (Fsp3) is 0.400. The Balaban J connectivity index is 2.84. The summed E-state index contributed by atoms with van der Waals surface area (Å²) in [5, 5.41) is 3.01. The standard InChI is InChI=1S/C10H14BrN3O/c1-6(2)8(9(12)15)14-10-7(11)4-3-5-13-10/h3-6,8H,1-2H3,(H2,12,15)(H,13,14). The number of nitrogens with two attached hydrogens (primary N) is 1. The summed E-state index contributed by atoms with van der Waals surface area (Å²) in [4.78, 5) is 15.3. The summed E-state index contributed by atoms with van der Waals surface area (Å²) in [5.41, 5.74) is 5.29. The highest BCUT2D eigenvalue weighted by Crippen LogP contribution is 2.20. The van der Waals surface area contributed by atoms with E-state index in [0.717, 1.165) is 4.47 Å². The number of primary amides is 1. The van der Waals surface area contributed by atoms with Gasteiger partial charge in [-0.15, -0.1) is 0 Å². The molecular weight excluding hydrogens is 258 g/mol. The van der Waals surface area contributed by atoms with Crippen LogP contribution >= 0.6 is 15.9 Å². The van der Waals surface area contributed by atoms with Gasteiger partial charge in [0, 0.05) is 6.20 Å². The summed E-state index contributed by atoms with van der Waals surface area (Å²) in [5.74, 6) is 0.383. The highest BCUT2D eigenvalue weighted by molar-refractivity contribution is 9.10. The molecule has 15 heavy (non-hydrogen) atoms. The summed E-state index contributed by atoms with van der Waals surface area (Å²) >= 11 is 3.35. The lowest BCUT2D eigenvalue weighted by atomic mass is 10.0. The Morgan fingerprint density at radius 3 is 2.73 bits per heavy atom. The Morgan fingerprint density at radius 2 is 2.27 bits per heavy atom. The second-order valence-electron chi connectivity index (χ2n) is 3.60. The van der Waals surface area contributed by atoms with E-state index < -0.39 is 6.04 Å². The lowest BCUT2D eigenvalue weighted by Crippen LogP contribution is -2.39. The van der Waals surface area contributed by atoms with Gasteiger partial charge in [-0.2, -0.15) is 0 Å². The molecule has 0 saturated carbocycles. The number of nitrogens with one attached hydrogen (secondary N) is 1. The third kappa shape index (κ3) is 3.20. The van der Waals surface area contributed by atoms with Gasteiger partial charge in [0.2, 0.25) is 5.91 Å². The van der Waals surface area contributed by atoms with E-state index in [-0.39, 0.29) is 11.8 Å². The van der Waals surface area contributed by atoms with Crippen LogP contribution in [0.15, 0.2) is 22.8 Å². The second-order valence-corrected chi connectivity index (χ2v) is 4.46. The van der Waals surface area contributed by atoms with E-state index >= 15 is 0 Å². The molecule has 0 aliphatic rings. The molecule has 3 N–H and O–H groups in total. The van der Waals surface area contributed by atoms with Crippen LogP contribution in [0.25, 0.3) is 0 Å². The SMILES string of the molecule is CC(C)C(Nc1ncccc1Br)C(N)=O. The summed E-state index contributed by atoms with van der Waals surface area (Å²) in [7, 11) is 0. The van der Waals surface area contributed by atoms with Crippen LogP contribution in [-0.2, 0) is 4.79 Å².